The second-order valence-corrected chi connectivity index (χ2v) is 6.55. The number of methoxy groups -OCH3 is 2. The zero-order valence-electron chi connectivity index (χ0n) is 12.7. The van der Waals surface area contributed by atoms with Gasteiger partial charge in [-0.05, 0) is 24.3 Å². The van der Waals surface area contributed by atoms with Gasteiger partial charge in [0.1, 0.15) is 5.69 Å². The first-order chi connectivity index (χ1) is 10.8. The van der Waals surface area contributed by atoms with Gasteiger partial charge in [-0.1, -0.05) is 0 Å². The van der Waals surface area contributed by atoms with E-state index in [1.807, 2.05) is 0 Å². The van der Waals surface area contributed by atoms with E-state index in [2.05, 4.69) is 15.3 Å². The highest BCUT2D eigenvalue weighted by Crippen LogP contribution is 2.17. The second kappa shape index (κ2) is 6.61. The highest BCUT2D eigenvalue weighted by molar-refractivity contribution is 7.90. The normalized spacial score (nSPS) is 10.9. The lowest BCUT2D eigenvalue weighted by molar-refractivity contribution is 0.102. The van der Waals surface area contributed by atoms with Gasteiger partial charge < -0.3 is 14.8 Å². The Bertz CT molecular complexity index is 797. The average molecular weight is 337 g/mol. The van der Waals surface area contributed by atoms with Crippen molar-refractivity contribution in [1.82, 2.24) is 9.97 Å². The molecule has 0 fully saturated rings. The third kappa shape index (κ3) is 4.16. The Morgan fingerprint density at radius 2 is 1.74 bits per heavy atom. The molecule has 1 heterocycles. The molecule has 1 amide bonds. The van der Waals surface area contributed by atoms with Gasteiger partial charge >= 0.3 is 6.01 Å². The number of nitrogens with one attached hydrogen (secondary N) is 1. The number of benzene rings is 1. The second-order valence-electron chi connectivity index (χ2n) is 4.53. The smallest absolute Gasteiger partial charge is 0.320 e. The first-order valence-corrected chi connectivity index (χ1v) is 8.31. The van der Waals surface area contributed by atoms with Crippen LogP contribution in [-0.2, 0) is 9.84 Å². The van der Waals surface area contributed by atoms with E-state index in [-0.39, 0.29) is 22.5 Å². The minimum atomic E-state index is -3.28. The Balaban J connectivity index is 2.22. The van der Waals surface area contributed by atoms with E-state index in [9.17, 15) is 13.2 Å². The van der Waals surface area contributed by atoms with Gasteiger partial charge in [0.2, 0.25) is 5.88 Å². The summed E-state index contributed by atoms with van der Waals surface area (Å²) in [5, 5.41) is 2.60. The maximum atomic E-state index is 12.2. The summed E-state index contributed by atoms with van der Waals surface area (Å²) >= 11 is 0. The first kappa shape index (κ1) is 16.7. The van der Waals surface area contributed by atoms with Crippen molar-refractivity contribution < 1.29 is 22.7 Å². The molecule has 0 radical (unpaired) electrons. The Labute approximate surface area is 133 Å². The van der Waals surface area contributed by atoms with E-state index < -0.39 is 15.7 Å². The van der Waals surface area contributed by atoms with Crippen LogP contribution in [0.3, 0.4) is 0 Å². The summed E-state index contributed by atoms with van der Waals surface area (Å²) in [4.78, 5) is 20.2. The molecule has 0 aliphatic carbocycles. The molecule has 1 aromatic heterocycles. The monoisotopic (exact) mass is 337 g/mol. The lowest BCUT2D eigenvalue weighted by atomic mass is 10.3. The number of amides is 1. The molecule has 1 N–H and O–H groups in total. The number of sulfone groups is 1. The molecule has 1 aromatic carbocycles. The maximum absolute atomic E-state index is 12.2. The van der Waals surface area contributed by atoms with Crippen LogP contribution in [0.25, 0.3) is 0 Å². The van der Waals surface area contributed by atoms with Crippen LogP contribution in [0.1, 0.15) is 10.5 Å². The molecule has 0 saturated heterocycles. The molecule has 0 bridgehead atoms. The predicted octanol–water partition coefficient (Wildman–Crippen LogP) is 1.15. The molecule has 0 spiro atoms. The number of carbonyl (C=O) groups excluding carboxylic acids is 1. The third-order valence-electron chi connectivity index (χ3n) is 2.85. The van der Waals surface area contributed by atoms with Gasteiger partial charge in [0.15, 0.2) is 9.84 Å². The SMILES string of the molecule is COc1cc(C(=O)Nc2ccc(S(C)(=O)=O)cc2)nc(OC)n1. The van der Waals surface area contributed by atoms with Gasteiger partial charge in [0.25, 0.3) is 5.91 Å². The summed E-state index contributed by atoms with van der Waals surface area (Å²) < 4.78 is 32.7. The van der Waals surface area contributed by atoms with Crippen LogP contribution in [0.15, 0.2) is 35.2 Å². The van der Waals surface area contributed by atoms with Crippen molar-refractivity contribution in [1.29, 1.82) is 0 Å². The Morgan fingerprint density at radius 3 is 2.26 bits per heavy atom. The fraction of sp³-hybridized carbons (Fsp3) is 0.214. The van der Waals surface area contributed by atoms with Crippen molar-refractivity contribution in [2.75, 3.05) is 25.8 Å². The minimum absolute atomic E-state index is 0.00178. The number of ether oxygens (including phenoxy) is 2. The van der Waals surface area contributed by atoms with Crippen LogP contribution in [0.4, 0.5) is 5.69 Å². The Morgan fingerprint density at radius 1 is 1.09 bits per heavy atom. The summed E-state index contributed by atoms with van der Waals surface area (Å²) in [5.41, 5.74) is 0.486. The number of nitrogens with zero attached hydrogens (tertiary/aromatic N) is 2. The summed E-state index contributed by atoms with van der Waals surface area (Å²) in [5.74, 6) is -0.314. The van der Waals surface area contributed by atoms with Gasteiger partial charge in [0.05, 0.1) is 19.1 Å². The molecule has 0 saturated carbocycles. The highest BCUT2D eigenvalue weighted by atomic mass is 32.2. The first-order valence-electron chi connectivity index (χ1n) is 6.42. The number of anilines is 1. The fourth-order valence-electron chi connectivity index (χ4n) is 1.70. The molecule has 2 aromatic rings. The van der Waals surface area contributed by atoms with Crippen molar-refractivity contribution in [3.63, 3.8) is 0 Å². The molecule has 0 unspecified atom stereocenters. The molecular weight excluding hydrogens is 322 g/mol. The summed E-state index contributed by atoms with van der Waals surface area (Å²) in [6.45, 7) is 0. The fourth-order valence-corrected chi connectivity index (χ4v) is 2.33. The quantitative estimate of drug-likeness (QED) is 0.872. The van der Waals surface area contributed by atoms with Crippen molar-refractivity contribution >= 4 is 21.4 Å². The van der Waals surface area contributed by atoms with E-state index in [0.29, 0.717) is 5.69 Å². The Kier molecular flexibility index (Phi) is 4.80. The molecule has 9 heteroatoms. The van der Waals surface area contributed by atoms with Crippen molar-refractivity contribution in [3.8, 4) is 11.9 Å². The molecule has 0 aliphatic heterocycles. The van der Waals surface area contributed by atoms with E-state index in [0.717, 1.165) is 6.26 Å². The highest BCUT2D eigenvalue weighted by Gasteiger charge is 2.14. The van der Waals surface area contributed by atoms with Crippen LogP contribution in [-0.4, -0.2) is 44.8 Å². The van der Waals surface area contributed by atoms with Crippen LogP contribution >= 0.6 is 0 Å². The summed E-state index contributed by atoms with van der Waals surface area (Å²) in [7, 11) is -0.499. The van der Waals surface area contributed by atoms with Crippen LogP contribution in [0, 0.1) is 0 Å². The zero-order valence-corrected chi connectivity index (χ0v) is 13.5. The van der Waals surface area contributed by atoms with E-state index >= 15 is 0 Å². The van der Waals surface area contributed by atoms with Crippen LogP contribution < -0.4 is 14.8 Å². The number of hydrogen-bond donors (Lipinski definition) is 1. The predicted molar refractivity (Wildman–Crippen MR) is 82.6 cm³/mol. The molecule has 8 nitrogen and oxygen atoms in total. The van der Waals surface area contributed by atoms with Crippen LogP contribution in [0.2, 0.25) is 0 Å². The van der Waals surface area contributed by atoms with Crippen LogP contribution in [0.5, 0.6) is 11.9 Å². The third-order valence-corrected chi connectivity index (χ3v) is 3.98. The maximum Gasteiger partial charge on any atom is 0.320 e. The van der Waals surface area contributed by atoms with Gasteiger partial charge in [-0.3, -0.25) is 4.79 Å². The number of rotatable bonds is 5. The Hall–Kier alpha value is -2.68. The number of aromatic nitrogens is 2. The minimum Gasteiger partial charge on any atom is -0.481 e. The van der Waals surface area contributed by atoms with E-state index in [1.54, 1.807) is 0 Å². The summed E-state index contributed by atoms with van der Waals surface area (Å²) in [6, 6.07) is 7.16. The topological polar surface area (TPSA) is 107 Å². The zero-order chi connectivity index (χ0) is 17.0. The van der Waals surface area contributed by atoms with Gasteiger partial charge in [-0.2, -0.15) is 9.97 Å². The molecule has 0 atom stereocenters. The molecular formula is C14H15N3O5S. The average Bonchev–Trinajstić information content (AvgIpc) is 2.53. The number of hydrogen-bond acceptors (Lipinski definition) is 7. The molecule has 23 heavy (non-hydrogen) atoms. The van der Waals surface area contributed by atoms with E-state index in [4.69, 9.17) is 9.47 Å². The molecule has 2 rings (SSSR count). The van der Waals surface area contributed by atoms with Crippen molar-refractivity contribution in [2.45, 2.75) is 4.90 Å². The van der Waals surface area contributed by atoms with Gasteiger partial charge in [-0.15, -0.1) is 0 Å². The molecule has 0 aliphatic rings. The van der Waals surface area contributed by atoms with Crippen molar-refractivity contribution in [2.24, 2.45) is 0 Å². The largest absolute Gasteiger partial charge is 0.481 e. The summed E-state index contributed by atoms with van der Waals surface area (Å²) in [6.07, 6.45) is 1.11. The lowest BCUT2D eigenvalue weighted by Gasteiger charge is -2.08. The van der Waals surface area contributed by atoms with E-state index in [1.165, 1.54) is 44.6 Å². The van der Waals surface area contributed by atoms with Gasteiger partial charge in [-0.25, -0.2) is 8.42 Å². The van der Waals surface area contributed by atoms with Crippen molar-refractivity contribution in [3.05, 3.63) is 36.0 Å². The van der Waals surface area contributed by atoms with Gasteiger partial charge in [0, 0.05) is 18.0 Å². The lowest BCUT2D eigenvalue weighted by Crippen LogP contribution is -2.15. The standard InChI is InChI=1S/C14H15N3O5S/c1-21-12-8-11(16-14(17-12)22-2)13(18)15-9-4-6-10(7-5-9)23(3,19)20/h4-8H,1-3H3,(H,15,18). The number of carbonyl (C=O) groups is 1. The molecule has 122 valence electrons.